The minimum atomic E-state index is 0.246. The summed E-state index contributed by atoms with van der Waals surface area (Å²) in [6, 6.07) is 6.62. The Hall–Kier alpha value is -2.17. The molecule has 1 aliphatic heterocycles. The van der Waals surface area contributed by atoms with Gasteiger partial charge in [0.25, 0.3) is 0 Å². The highest BCUT2D eigenvalue weighted by Crippen LogP contribution is 2.27. The second kappa shape index (κ2) is 7.60. The molecule has 138 valence electrons. The van der Waals surface area contributed by atoms with Crippen LogP contribution in [0.1, 0.15) is 50.5 Å². The Bertz CT molecular complexity index is 777. The van der Waals surface area contributed by atoms with Crippen LogP contribution in [0.25, 0.3) is 10.9 Å². The Balaban J connectivity index is 1.39. The first-order valence-corrected chi connectivity index (χ1v) is 9.97. The van der Waals surface area contributed by atoms with E-state index in [4.69, 9.17) is 0 Å². The van der Waals surface area contributed by atoms with Crippen LogP contribution in [0.2, 0.25) is 0 Å². The van der Waals surface area contributed by atoms with Crippen molar-refractivity contribution in [2.24, 2.45) is 5.92 Å². The molecular formula is C21H28N4O. The first kappa shape index (κ1) is 17.3. The minimum absolute atomic E-state index is 0.246. The number of anilines is 1. The number of nitrogens with zero attached hydrogens (tertiary/aromatic N) is 3. The third-order valence-electron chi connectivity index (χ3n) is 5.89. The van der Waals surface area contributed by atoms with Crippen molar-refractivity contribution in [3.05, 3.63) is 30.1 Å². The number of hydrogen-bond donors (Lipinski definition) is 1. The number of carbonyl (C=O) groups excluding carboxylic acids is 1. The molecule has 0 bridgehead atoms. The van der Waals surface area contributed by atoms with Crippen molar-refractivity contribution in [3.8, 4) is 0 Å². The summed E-state index contributed by atoms with van der Waals surface area (Å²) in [5.41, 5.74) is 2.22. The number of aryl methyl sites for hydroxylation is 1. The fourth-order valence-corrected chi connectivity index (χ4v) is 4.33. The Morgan fingerprint density at radius 3 is 2.62 bits per heavy atom. The van der Waals surface area contributed by atoms with E-state index >= 15 is 0 Å². The second-order valence-electron chi connectivity index (χ2n) is 7.82. The minimum Gasteiger partial charge on any atom is -0.356 e. The zero-order valence-corrected chi connectivity index (χ0v) is 15.6. The van der Waals surface area contributed by atoms with Gasteiger partial charge in [-0.3, -0.25) is 4.79 Å². The average molecular weight is 352 g/mol. The van der Waals surface area contributed by atoms with Crippen molar-refractivity contribution < 1.29 is 4.79 Å². The smallest absolute Gasteiger partial charge is 0.223 e. The lowest BCUT2D eigenvalue weighted by Gasteiger charge is -2.34. The molecule has 1 aromatic heterocycles. The standard InChI is InChI=1S/C21H28N4O/c1-15-7-8-19-18(13-15)20(23-14-22-19)25-11-9-17(10-12-25)24-21(26)16-5-3-2-4-6-16/h7-8,13-14,16-17H,2-6,9-12H2,1H3,(H,24,26). The maximum Gasteiger partial charge on any atom is 0.223 e. The number of amides is 1. The maximum absolute atomic E-state index is 12.5. The number of benzene rings is 1. The van der Waals surface area contributed by atoms with Gasteiger partial charge in [-0.1, -0.05) is 30.9 Å². The van der Waals surface area contributed by atoms with Gasteiger partial charge < -0.3 is 10.2 Å². The normalized spacial score (nSPS) is 19.7. The van der Waals surface area contributed by atoms with Crippen molar-refractivity contribution >= 4 is 22.6 Å². The molecule has 1 aromatic carbocycles. The highest BCUT2D eigenvalue weighted by molar-refractivity contribution is 5.89. The van der Waals surface area contributed by atoms with Crippen LogP contribution < -0.4 is 10.2 Å². The monoisotopic (exact) mass is 352 g/mol. The van der Waals surface area contributed by atoms with Crippen LogP contribution >= 0.6 is 0 Å². The molecular weight excluding hydrogens is 324 g/mol. The molecule has 1 saturated carbocycles. The van der Waals surface area contributed by atoms with Gasteiger partial charge >= 0.3 is 0 Å². The predicted molar refractivity (Wildman–Crippen MR) is 104 cm³/mol. The van der Waals surface area contributed by atoms with Crippen LogP contribution in [-0.4, -0.2) is 35.0 Å². The van der Waals surface area contributed by atoms with E-state index in [1.807, 2.05) is 0 Å². The van der Waals surface area contributed by atoms with Gasteiger partial charge in [0.1, 0.15) is 12.1 Å². The van der Waals surface area contributed by atoms with Gasteiger partial charge in [-0.15, -0.1) is 0 Å². The van der Waals surface area contributed by atoms with Crippen molar-refractivity contribution in [1.82, 2.24) is 15.3 Å². The van der Waals surface area contributed by atoms with E-state index in [1.54, 1.807) is 6.33 Å². The van der Waals surface area contributed by atoms with E-state index in [0.717, 1.165) is 55.5 Å². The Labute approximate surface area is 155 Å². The summed E-state index contributed by atoms with van der Waals surface area (Å²) < 4.78 is 0. The zero-order chi connectivity index (χ0) is 17.9. The van der Waals surface area contributed by atoms with Crippen LogP contribution in [0, 0.1) is 12.8 Å². The van der Waals surface area contributed by atoms with Crippen molar-refractivity contribution in [3.63, 3.8) is 0 Å². The van der Waals surface area contributed by atoms with Crippen LogP contribution in [-0.2, 0) is 4.79 Å². The number of nitrogens with one attached hydrogen (secondary N) is 1. The molecule has 2 aliphatic rings. The number of carbonyl (C=O) groups is 1. The van der Waals surface area contributed by atoms with Gasteiger partial charge in [-0.25, -0.2) is 9.97 Å². The maximum atomic E-state index is 12.5. The van der Waals surface area contributed by atoms with Gasteiger partial charge in [0.15, 0.2) is 0 Å². The Morgan fingerprint density at radius 2 is 1.85 bits per heavy atom. The lowest BCUT2D eigenvalue weighted by Crippen LogP contribution is -2.46. The summed E-state index contributed by atoms with van der Waals surface area (Å²) in [5.74, 6) is 1.55. The summed E-state index contributed by atoms with van der Waals surface area (Å²) in [5, 5.41) is 4.43. The average Bonchev–Trinajstić information content (AvgIpc) is 2.69. The summed E-state index contributed by atoms with van der Waals surface area (Å²) >= 11 is 0. The van der Waals surface area contributed by atoms with Crippen LogP contribution in [0.15, 0.2) is 24.5 Å². The number of fused-ring (bicyclic) bond motifs is 1. The number of hydrogen-bond acceptors (Lipinski definition) is 4. The number of rotatable bonds is 3. The highest BCUT2D eigenvalue weighted by atomic mass is 16.1. The lowest BCUT2D eigenvalue weighted by atomic mass is 9.88. The molecule has 26 heavy (non-hydrogen) atoms. The van der Waals surface area contributed by atoms with E-state index in [9.17, 15) is 4.79 Å². The molecule has 1 N–H and O–H groups in total. The van der Waals surface area contributed by atoms with E-state index < -0.39 is 0 Å². The van der Waals surface area contributed by atoms with Crippen LogP contribution in [0.5, 0.6) is 0 Å². The first-order chi connectivity index (χ1) is 12.7. The second-order valence-corrected chi connectivity index (χ2v) is 7.82. The predicted octanol–water partition coefficient (Wildman–Crippen LogP) is 3.60. The van der Waals surface area contributed by atoms with E-state index in [2.05, 4.69) is 45.3 Å². The fraction of sp³-hybridized carbons (Fsp3) is 0.571. The molecule has 1 aliphatic carbocycles. The Kier molecular flexibility index (Phi) is 5.05. The third-order valence-corrected chi connectivity index (χ3v) is 5.89. The van der Waals surface area contributed by atoms with Crippen LogP contribution in [0.3, 0.4) is 0 Å². The molecule has 2 heterocycles. The molecule has 2 fully saturated rings. The molecule has 1 saturated heterocycles. The fourth-order valence-electron chi connectivity index (χ4n) is 4.33. The molecule has 0 spiro atoms. The lowest BCUT2D eigenvalue weighted by molar-refractivity contribution is -0.126. The molecule has 5 heteroatoms. The van der Waals surface area contributed by atoms with E-state index in [1.165, 1.54) is 24.8 Å². The zero-order valence-electron chi connectivity index (χ0n) is 15.6. The van der Waals surface area contributed by atoms with Gasteiger partial charge in [-0.05, 0) is 44.7 Å². The van der Waals surface area contributed by atoms with E-state index in [0.29, 0.717) is 6.04 Å². The molecule has 0 atom stereocenters. The van der Waals surface area contributed by atoms with Crippen LogP contribution in [0.4, 0.5) is 5.82 Å². The first-order valence-electron chi connectivity index (χ1n) is 9.97. The van der Waals surface area contributed by atoms with Gasteiger partial charge in [0.05, 0.1) is 5.52 Å². The SMILES string of the molecule is Cc1ccc2ncnc(N3CCC(NC(=O)C4CCCCC4)CC3)c2c1. The summed E-state index contributed by atoms with van der Waals surface area (Å²) in [6.45, 7) is 3.95. The van der Waals surface area contributed by atoms with E-state index in [-0.39, 0.29) is 11.8 Å². The van der Waals surface area contributed by atoms with Crippen molar-refractivity contribution in [2.75, 3.05) is 18.0 Å². The quantitative estimate of drug-likeness (QED) is 0.917. The topological polar surface area (TPSA) is 58.1 Å². The molecule has 1 amide bonds. The molecule has 5 nitrogen and oxygen atoms in total. The number of aromatic nitrogens is 2. The summed E-state index contributed by atoms with van der Waals surface area (Å²) in [7, 11) is 0. The largest absolute Gasteiger partial charge is 0.356 e. The highest BCUT2D eigenvalue weighted by Gasteiger charge is 2.26. The molecule has 2 aromatic rings. The van der Waals surface area contributed by atoms with Crippen molar-refractivity contribution in [1.29, 1.82) is 0 Å². The van der Waals surface area contributed by atoms with Gasteiger partial charge in [-0.2, -0.15) is 0 Å². The van der Waals surface area contributed by atoms with Crippen molar-refractivity contribution in [2.45, 2.75) is 57.9 Å². The molecule has 4 rings (SSSR count). The summed E-state index contributed by atoms with van der Waals surface area (Å²) in [6.07, 6.45) is 9.45. The Morgan fingerprint density at radius 1 is 1.08 bits per heavy atom. The molecule has 0 unspecified atom stereocenters. The van der Waals surface area contributed by atoms with Gasteiger partial charge in [0, 0.05) is 30.4 Å². The molecule has 0 radical (unpaired) electrons. The van der Waals surface area contributed by atoms with Gasteiger partial charge in [0.2, 0.25) is 5.91 Å². The third kappa shape index (κ3) is 3.67. The number of piperidine rings is 1. The summed E-state index contributed by atoms with van der Waals surface area (Å²) in [4.78, 5) is 23.8.